The Labute approximate surface area is 441 Å². The molecule has 0 spiro atoms. The molecule has 2 aromatic carbocycles. The third kappa shape index (κ3) is 15.1. The molecule has 23 heteroatoms. The number of benzene rings is 2. The Bertz CT molecular complexity index is 2610. The van der Waals surface area contributed by atoms with E-state index < -0.39 is 90.0 Å². The number of likely N-dealkylation sites (N-methyl/N-ethyl adjacent to an activating group) is 1. The minimum absolute atomic E-state index is 0.0318. The highest BCUT2D eigenvalue weighted by Gasteiger charge is 2.49. The SMILES string of the molecule is CNN(C)Cc1cc2ccccc2n1CCC(=O)NCCNC(=O)C(O)C(O)C(=O)N(C)C(C)C(=O)OC1CC(=O)N(C)c2cc(cc(OC)c2Cl)CC(C)=CC=CC(OC)C2(O)CC(OC(=O)N2)C(C)CC1(C)O. The van der Waals surface area contributed by atoms with Gasteiger partial charge in [-0.15, -0.1) is 0 Å². The molecule has 1 saturated heterocycles. The van der Waals surface area contributed by atoms with Crippen LogP contribution in [0.1, 0.15) is 64.6 Å². The first-order valence-corrected chi connectivity index (χ1v) is 25.0. The van der Waals surface area contributed by atoms with Crippen molar-refractivity contribution in [3.05, 3.63) is 82.5 Å². The lowest BCUT2D eigenvalue weighted by Crippen LogP contribution is -2.63. The van der Waals surface area contributed by atoms with E-state index in [1.54, 1.807) is 37.3 Å². The van der Waals surface area contributed by atoms with Crippen molar-refractivity contribution in [3.8, 4) is 5.75 Å². The molecule has 2 aliphatic heterocycles. The molecule has 1 aromatic heterocycles. The first kappa shape index (κ1) is 59.8. The Morgan fingerprint density at radius 3 is 2.40 bits per heavy atom. The van der Waals surface area contributed by atoms with E-state index in [0.29, 0.717) is 25.1 Å². The molecule has 1 fully saturated rings. The molecule has 22 nitrogen and oxygen atoms in total. The van der Waals surface area contributed by atoms with Crippen LogP contribution >= 0.6 is 11.6 Å². The quantitative estimate of drug-likeness (QED) is 0.0546. The summed E-state index contributed by atoms with van der Waals surface area (Å²) in [6.07, 6.45) is -4.93. The standard InChI is InChI=1S/C52H73ClN8O14/c1-30-14-13-17-40(73-10)52(71)28-39(74-50(69)57-52)31(2)27-51(4,70)41(26-43(63)60(8)37-23-33(22-30)24-38(72-9)44(37)53)75-49(68)32(3)59(7)48(67)46(65)45(64)47(66)56-20-19-55-42(62)18-21-61-35(29-58(6)54-5)25-34-15-11-12-16-36(34)61/h11-17,23-25,31-32,39-41,45-46,54,64-65,70-71H,18-22,26-29H2,1-10H3,(H,55,62)(H,56,66)(H,57,69). The summed E-state index contributed by atoms with van der Waals surface area (Å²) in [7, 11) is 9.07. The van der Waals surface area contributed by atoms with Gasteiger partial charge in [0.25, 0.3) is 11.8 Å². The van der Waals surface area contributed by atoms with E-state index in [9.17, 15) is 49.2 Å². The molecule has 75 heavy (non-hydrogen) atoms. The summed E-state index contributed by atoms with van der Waals surface area (Å²) in [4.78, 5) is 82.5. The number of alkyl carbamates (subject to hydrolysis) is 1. The average Bonchev–Trinajstić information content (AvgIpc) is 3.72. The number of aliphatic hydroxyl groups is 4. The van der Waals surface area contributed by atoms with E-state index in [-0.39, 0.29) is 54.7 Å². The van der Waals surface area contributed by atoms with Gasteiger partial charge in [-0.25, -0.2) is 14.6 Å². The van der Waals surface area contributed by atoms with Crippen molar-refractivity contribution >= 4 is 63.9 Å². The summed E-state index contributed by atoms with van der Waals surface area (Å²) in [5.41, 5.74) is 2.79. The van der Waals surface area contributed by atoms with Crippen LogP contribution in [-0.2, 0) is 57.7 Å². The van der Waals surface area contributed by atoms with Gasteiger partial charge in [0.2, 0.25) is 11.8 Å². The predicted molar refractivity (Wildman–Crippen MR) is 278 cm³/mol. The number of esters is 1. The van der Waals surface area contributed by atoms with E-state index in [1.807, 2.05) is 50.3 Å². The number of hydrazine groups is 1. The first-order valence-electron chi connectivity index (χ1n) is 24.6. The maximum Gasteiger partial charge on any atom is 0.409 e. The van der Waals surface area contributed by atoms with E-state index >= 15 is 0 Å². The fraction of sp³-hybridized carbons (Fsp3) is 0.538. The molecule has 8 N–H and O–H groups in total. The first-order chi connectivity index (χ1) is 35.3. The maximum absolute atomic E-state index is 14.3. The molecule has 4 bridgehead atoms. The van der Waals surface area contributed by atoms with Gasteiger partial charge in [0, 0.05) is 71.9 Å². The highest BCUT2D eigenvalue weighted by atomic mass is 35.5. The number of halogens is 1. The highest BCUT2D eigenvalue weighted by Crippen LogP contribution is 2.38. The molecule has 5 rings (SSSR count). The van der Waals surface area contributed by atoms with Gasteiger partial charge in [0.15, 0.2) is 17.9 Å². The Hall–Kier alpha value is -6.11. The summed E-state index contributed by atoms with van der Waals surface area (Å²) in [5, 5.41) is 56.3. The van der Waals surface area contributed by atoms with E-state index in [1.165, 1.54) is 40.0 Å². The number of allylic oxidation sites excluding steroid dienone is 3. The van der Waals surface area contributed by atoms with Gasteiger partial charge in [-0.2, -0.15) is 0 Å². The summed E-state index contributed by atoms with van der Waals surface area (Å²) < 4.78 is 24.7. The van der Waals surface area contributed by atoms with E-state index in [0.717, 1.165) is 34.1 Å². The van der Waals surface area contributed by atoms with Crippen LogP contribution in [0.3, 0.4) is 0 Å². The van der Waals surface area contributed by atoms with Crippen molar-refractivity contribution in [3.63, 3.8) is 0 Å². The number of anilines is 1. The number of aliphatic hydroxyl groups excluding tert-OH is 2. The van der Waals surface area contributed by atoms with Crippen molar-refractivity contribution in [2.75, 3.05) is 60.4 Å². The number of carbonyl (C=O) groups is 6. The second-order valence-electron chi connectivity index (χ2n) is 19.5. The Morgan fingerprint density at radius 1 is 1.03 bits per heavy atom. The molecular weight excluding hydrogens is 996 g/mol. The van der Waals surface area contributed by atoms with Gasteiger partial charge in [-0.1, -0.05) is 60.5 Å². The lowest BCUT2D eigenvalue weighted by molar-refractivity contribution is -0.178. The summed E-state index contributed by atoms with van der Waals surface area (Å²) in [5.74, 6) is -4.99. The molecule has 3 heterocycles. The molecule has 412 valence electrons. The number of hydrogen-bond acceptors (Lipinski definition) is 16. The third-order valence-corrected chi connectivity index (χ3v) is 14.1. The van der Waals surface area contributed by atoms with Crippen molar-refractivity contribution in [2.45, 2.75) is 121 Å². The smallest absolute Gasteiger partial charge is 0.409 e. The number of ether oxygens (including phenoxy) is 4. The van der Waals surface area contributed by atoms with Gasteiger partial charge in [0.1, 0.15) is 35.1 Å². The molecule has 0 aliphatic carbocycles. The predicted octanol–water partition coefficient (Wildman–Crippen LogP) is 2.06. The minimum Gasteiger partial charge on any atom is -0.495 e. The molecular formula is C52H73ClN8O14. The summed E-state index contributed by atoms with van der Waals surface area (Å²) >= 11 is 6.76. The summed E-state index contributed by atoms with van der Waals surface area (Å²) in [6.45, 7) is 6.83. The van der Waals surface area contributed by atoms with Gasteiger partial charge in [-0.05, 0) is 81.8 Å². The second-order valence-corrected chi connectivity index (χ2v) is 19.9. The lowest BCUT2D eigenvalue weighted by Gasteiger charge is -2.43. The van der Waals surface area contributed by atoms with Crippen LogP contribution in [0, 0.1) is 5.92 Å². The van der Waals surface area contributed by atoms with Crippen LogP contribution < -0.4 is 31.0 Å². The number of fused-ring (bicyclic) bond motifs is 5. The molecule has 2 aliphatic rings. The Morgan fingerprint density at radius 2 is 1.72 bits per heavy atom. The van der Waals surface area contributed by atoms with Crippen LogP contribution in [0.15, 0.2) is 66.3 Å². The lowest BCUT2D eigenvalue weighted by atomic mass is 9.81. The number of nitrogens with one attached hydrogen (secondary N) is 4. The fourth-order valence-corrected chi connectivity index (χ4v) is 9.41. The minimum atomic E-state index is -2.36. The molecule has 5 amide bonds. The zero-order valence-corrected chi connectivity index (χ0v) is 45.0. The van der Waals surface area contributed by atoms with Crippen molar-refractivity contribution in [1.82, 2.24) is 35.9 Å². The molecule has 9 atom stereocenters. The zero-order chi connectivity index (χ0) is 55.5. The van der Waals surface area contributed by atoms with Gasteiger partial charge in [0.05, 0.1) is 31.4 Å². The number of para-hydroxylation sites is 1. The number of hydrogen-bond donors (Lipinski definition) is 8. The van der Waals surface area contributed by atoms with Crippen LogP contribution in [-0.4, -0.2) is 174 Å². The molecule has 9 unspecified atom stereocenters. The molecule has 3 aromatic rings. The summed E-state index contributed by atoms with van der Waals surface area (Å²) in [6, 6.07) is 11.8. The number of nitrogens with zero attached hydrogens (tertiary/aromatic N) is 4. The largest absolute Gasteiger partial charge is 0.495 e. The number of amides is 5. The van der Waals surface area contributed by atoms with Crippen LogP contribution in [0.5, 0.6) is 5.75 Å². The number of rotatable bonds is 17. The number of methoxy groups -OCH3 is 2. The maximum atomic E-state index is 14.3. The Kier molecular flexibility index (Phi) is 20.8. The van der Waals surface area contributed by atoms with Crippen molar-refractivity contribution in [1.29, 1.82) is 0 Å². The van der Waals surface area contributed by atoms with Crippen LogP contribution in [0.4, 0.5) is 10.5 Å². The Balaban J connectivity index is 1.27. The molecule has 0 radical (unpaired) electrons. The number of aryl methyl sites for hydroxylation is 1. The number of carbonyl (C=O) groups excluding carboxylic acids is 6. The highest BCUT2D eigenvalue weighted by molar-refractivity contribution is 6.35. The van der Waals surface area contributed by atoms with Gasteiger partial charge in [-0.3, -0.25) is 29.9 Å². The van der Waals surface area contributed by atoms with Crippen LogP contribution in [0.2, 0.25) is 5.02 Å². The van der Waals surface area contributed by atoms with Crippen molar-refractivity contribution < 1.29 is 68.1 Å². The third-order valence-electron chi connectivity index (χ3n) is 13.8. The normalized spacial score (nSPS) is 23.8. The average molecular weight is 1070 g/mol. The van der Waals surface area contributed by atoms with E-state index in [4.69, 9.17) is 30.5 Å². The van der Waals surface area contributed by atoms with E-state index in [2.05, 4.69) is 32.0 Å². The second kappa shape index (κ2) is 26.1. The number of aromatic nitrogens is 1. The fourth-order valence-electron chi connectivity index (χ4n) is 9.10. The van der Waals surface area contributed by atoms with Crippen LogP contribution in [0.25, 0.3) is 10.9 Å². The topological polar surface area (TPSA) is 283 Å². The monoisotopic (exact) mass is 1070 g/mol. The van der Waals surface area contributed by atoms with Gasteiger partial charge >= 0.3 is 12.1 Å². The van der Waals surface area contributed by atoms with Gasteiger partial charge < -0.3 is 64.4 Å². The van der Waals surface area contributed by atoms with Crippen molar-refractivity contribution in [2.24, 2.45) is 5.92 Å². The molecule has 0 saturated carbocycles. The zero-order valence-electron chi connectivity index (χ0n) is 44.2.